The molecule has 1 aromatic rings. The van der Waals surface area contributed by atoms with Gasteiger partial charge in [0.2, 0.25) is 0 Å². The Labute approximate surface area is 91.5 Å². The summed E-state index contributed by atoms with van der Waals surface area (Å²) in [5.41, 5.74) is 5.92. The smallest absolute Gasteiger partial charge is 0.134 e. The highest BCUT2D eigenvalue weighted by Crippen LogP contribution is 2.19. The highest BCUT2D eigenvalue weighted by molar-refractivity contribution is 5.46. The van der Waals surface area contributed by atoms with Gasteiger partial charge >= 0.3 is 0 Å². The van der Waals surface area contributed by atoms with E-state index in [-0.39, 0.29) is 5.41 Å². The van der Waals surface area contributed by atoms with E-state index in [1.165, 1.54) is 0 Å². The van der Waals surface area contributed by atoms with Crippen LogP contribution in [0.2, 0.25) is 0 Å². The van der Waals surface area contributed by atoms with Gasteiger partial charge in [-0.15, -0.1) is 0 Å². The summed E-state index contributed by atoms with van der Waals surface area (Å²) in [5.74, 6) is 2.12. The Morgan fingerprint density at radius 3 is 2.40 bits per heavy atom. The molecule has 1 heterocycles. The fourth-order valence-corrected chi connectivity index (χ4v) is 1.56. The predicted octanol–water partition coefficient (Wildman–Crippen LogP) is 1.85. The first-order valence-corrected chi connectivity index (χ1v) is 5.10. The second-order valence-corrected chi connectivity index (χ2v) is 5.11. The van der Waals surface area contributed by atoms with Crippen LogP contribution in [0, 0.1) is 12.3 Å². The maximum absolute atomic E-state index is 5.68. The van der Waals surface area contributed by atoms with E-state index in [9.17, 15) is 0 Å². The number of nitrogens with zero attached hydrogens (tertiary/aromatic N) is 3. The van der Waals surface area contributed by atoms with E-state index in [2.05, 4.69) is 35.6 Å². The van der Waals surface area contributed by atoms with Gasteiger partial charge < -0.3 is 10.6 Å². The molecule has 15 heavy (non-hydrogen) atoms. The average molecular weight is 208 g/mol. The molecule has 0 aliphatic rings. The van der Waals surface area contributed by atoms with Crippen LogP contribution in [-0.2, 0) is 0 Å². The van der Waals surface area contributed by atoms with Gasteiger partial charge in [-0.25, -0.2) is 9.97 Å². The molecule has 0 saturated carbocycles. The summed E-state index contributed by atoms with van der Waals surface area (Å²) in [6.07, 6.45) is 0. The van der Waals surface area contributed by atoms with Crippen molar-refractivity contribution < 1.29 is 0 Å². The van der Waals surface area contributed by atoms with E-state index in [4.69, 9.17) is 5.73 Å². The van der Waals surface area contributed by atoms with Gasteiger partial charge in [-0.05, 0) is 12.3 Å². The van der Waals surface area contributed by atoms with E-state index in [0.717, 1.165) is 12.4 Å². The van der Waals surface area contributed by atoms with Gasteiger partial charge in [-0.2, -0.15) is 0 Å². The Hall–Kier alpha value is -1.32. The molecule has 2 N–H and O–H groups in total. The Balaban J connectivity index is 2.86. The van der Waals surface area contributed by atoms with Gasteiger partial charge in [-0.3, -0.25) is 0 Å². The van der Waals surface area contributed by atoms with E-state index in [0.29, 0.717) is 11.6 Å². The van der Waals surface area contributed by atoms with E-state index in [1.807, 2.05) is 14.0 Å². The van der Waals surface area contributed by atoms with Crippen molar-refractivity contribution in [2.75, 3.05) is 24.2 Å². The number of hydrogen-bond acceptors (Lipinski definition) is 4. The van der Waals surface area contributed by atoms with Crippen molar-refractivity contribution in [2.45, 2.75) is 27.7 Å². The van der Waals surface area contributed by atoms with Gasteiger partial charge in [0.15, 0.2) is 0 Å². The lowest BCUT2D eigenvalue weighted by atomic mass is 9.96. The Kier molecular flexibility index (Phi) is 3.17. The van der Waals surface area contributed by atoms with E-state index >= 15 is 0 Å². The van der Waals surface area contributed by atoms with Crippen LogP contribution in [-0.4, -0.2) is 23.6 Å². The van der Waals surface area contributed by atoms with Gasteiger partial charge in [0.25, 0.3) is 0 Å². The first-order valence-electron chi connectivity index (χ1n) is 5.10. The number of nitrogens with two attached hydrogens (primary N) is 1. The van der Waals surface area contributed by atoms with Gasteiger partial charge in [0.1, 0.15) is 17.5 Å². The first kappa shape index (κ1) is 11.8. The molecule has 4 heteroatoms. The van der Waals surface area contributed by atoms with Crippen molar-refractivity contribution in [3.8, 4) is 0 Å². The standard InChI is InChI=1S/C11H20N4/c1-8-13-9(12)6-10(14-8)15(5)7-11(2,3)4/h6H,7H2,1-5H3,(H2,12,13,14). The van der Waals surface area contributed by atoms with Crippen LogP contribution in [0.15, 0.2) is 6.07 Å². The third kappa shape index (κ3) is 3.73. The lowest BCUT2D eigenvalue weighted by Crippen LogP contribution is -2.30. The second kappa shape index (κ2) is 4.04. The van der Waals surface area contributed by atoms with Crippen molar-refractivity contribution in [1.82, 2.24) is 9.97 Å². The van der Waals surface area contributed by atoms with E-state index in [1.54, 1.807) is 6.07 Å². The van der Waals surface area contributed by atoms with Crippen molar-refractivity contribution in [1.29, 1.82) is 0 Å². The lowest BCUT2D eigenvalue weighted by Gasteiger charge is -2.27. The highest BCUT2D eigenvalue weighted by atomic mass is 15.2. The molecule has 1 rings (SSSR count). The minimum atomic E-state index is 0.238. The molecule has 0 radical (unpaired) electrons. The Morgan fingerprint density at radius 1 is 1.33 bits per heavy atom. The number of rotatable bonds is 2. The summed E-state index contributed by atoms with van der Waals surface area (Å²) in [4.78, 5) is 10.5. The molecule has 0 bridgehead atoms. The third-order valence-corrected chi connectivity index (χ3v) is 1.95. The molecule has 0 saturated heterocycles. The molecule has 0 atom stereocenters. The fraction of sp³-hybridized carbons (Fsp3) is 0.636. The average Bonchev–Trinajstić information content (AvgIpc) is 1.98. The maximum Gasteiger partial charge on any atom is 0.134 e. The third-order valence-electron chi connectivity index (χ3n) is 1.95. The molecule has 0 aromatic carbocycles. The van der Waals surface area contributed by atoms with Crippen molar-refractivity contribution >= 4 is 11.6 Å². The summed E-state index contributed by atoms with van der Waals surface area (Å²) in [5, 5.41) is 0. The van der Waals surface area contributed by atoms with Gasteiger partial charge in [-0.1, -0.05) is 20.8 Å². The SMILES string of the molecule is Cc1nc(N)cc(N(C)CC(C)(C)C)n1. The highest BCUT2D eigenvalue weighted by Gasteiger charge is 2.15. The minimum absolute atomic E-state index is 0.238. The first-order chi connectivity index (χ1) is 6.78. The molecule has 1 aromatic heterocycles. The summed E-state index contributed by atoms with van der Waals surface area (Å²) in [6.45, 7) is 9.37. The number of aromatic nitrogens is 2. The number of hydrogen-bond donors (Lipinski definition) is 1. The van der Waals surface area contributed by atoms with E-state index < -0.39 is 0 Å². The van der Waals surface area contributed by atoms with Crippen LogP contribution in [0.5, 0.6) is 0 Å². The quantitative estimate of drug-likeness (QED) is 0.806. The maximum atomic E-state index is 5.68. The molecule has 0 fully saturated rings. The molecular formula is C11H20N4. The molecule has 84 valence electrons. The van der Waals surface area contributed by atoms with Crippen molar-refractivity contribution in [3.05, 3.63) is 11.9 Å². The molecule has 4 nitrogen and oxygen atoms in total. The molecular weight excluding hydrogens is 188 g/mol. The topological polar surface area (TPSA) is 55.0 Å². The molecule has 0 amide bonds. The summed E-state index contributed by atoms with van der Waals surface area (Å²) in [7, 11) is 2.02. The second-order valence-electron chi connectivity index (χ2n) is 5.11. The number of aryl methyl sites for hydroxylation is 1. The molecule has 0 aliphatic carbocycles. The molecule has 0 unspecified atom stereocenters. The van der Waals surface area contributed by atoms with Crippen molar-refractivity contribution in [3.63, 3.8) is 0 Å². The summed E-state index contributed by atoms with van der Waals surface area (Å²) >= 11 is 0. The minimum Gasteiger partial charge on any atom is -0.384 e. The van der Waals surface area contributed by atoms with Crippen LogP contribution in [0.4, 0.5) is 11.6 Å². The van der Waals surface area contributed by atoms with Crippen LogP contribution < -0.4 is 10.6 Å². The number of anilines is 2. The predicted molar refractivity (Wildman–Crippen MR) is 63.9 cm³/mol. The fourth-order valence-electron chi connectivity index (χ4n) is 1.56. The zero-order valence-electron chi connectivity index (χ0n) is 10.2. The van der Waals surface area contributed by atoms with Gasteiger partial charge in [0, 0.05) is 19.7 Å². The largest absolute Gasteiger partial charge is 0.384 e. The summed E-state index contributed by atoms with van der Waals surface area (Å²) in [6, 6.07) is 1.80. The Morgan fingerprint density at radius 2 is 1.93 bits per heavy atom. The van der Waals surface area contributed by atoms with Crippen LogP contribution in [0.1, 0.15) is 26.6 Å². The lowest BCUT2D eigenvalue weighted by molar-refractivity contribution is 0.417. The molecule has 0 aliphatic heterocycles. The van der Waals surface area contributed by atoms with Gasteiger partial charge in [0.05, 0.1) is 0 Å². The van der Waals surface area contributed by atoms with Crippen LogP contribution >= 0.6 is 0 Å². The zero-order chi connectivity index (χ0) is 11.6. The molecule has 0 spiro atoms. The normalized spacial score (nSPS) is 11.5. The number of nitrogen functional groups attached to an aromatic ring is 1. The zero-order valence-corrected chi connectivity index (χ0v) is 10.2. The van der Waals surface area contributed by atoms with Crippen LogP contribution in [0.25, 0.3) is 0 Å². The van der Waals surface area contributed by atoms with Crippen LogP contribution in [0.3, 0.4) is 0 Å². The summed E-state index contributed by atoms with van der Waals surface area (Å²) < 4.78 is 0. The monoisotopic (exact) mass is 208 g/mol. The Bertz CT molecular complexity index is 321. The van der Waals surface area contributed by atoms with Crippen molar-refractivity contribution in [2.24, 2.45) is 5.41 Å².